The van der Waals surface area contributed by atoms with Gasteiger partial charge in [-0.15, -0.1) is 0 Å². The van der Waals surface area contributed by atoms with Gasteiger partial charge in [-0.3, -0.25) is 13.6 Å². The van der Waals surface area contributed by atoms with Crippen molar-refractivity contribution in [2.45, 2.75) is 25.4 Å². The van der Waals surface area contributed by atoms with E-state index < -0.39 is 26.6 Å². The Bertz CT molecular complexity index is 754. The first-order chi connectivity index (χ1) is 13.5. The minimum absolute atomic E-state index is 0.0235. The molecule has 2 rings (SSSR count). The predicted molar refractivity (Wildman–Crippen MR) is 102 cm³/mol. The van der Waals surface area contributed by atoms with Gasteiger partial charge in [0.05, 0.1) is 32.5 Å². The van der Waals surface area contributed by atoms with Crippen molar-refractivity contribution in [3.05, 3.63) is 82.2 Å². The van der Waals surface area contributed by atoms with Gasteiger partial charge in [-0.05, 0) is 16.7 Å². The van der Waals surface area contributed by atoms with Crippen LogP contribution in [0.1, 0.15) is 11.1 Å². The van der Waals surface area contributed by atoms with E-state index in [1.807, 2.05) is 36.4 Å². The fraction of sp³-hybridized carbons (Fsp3) is 0.333. The van der Waals surface area contributed by atoms with Crippen molar-refractivity contribution >= 4 is 7.82 Å². The summed E-state index contributed by atoms with van der Waals surface area (Å²) in [7, 11) is -4.04. The van der Waals surface area contributed by atoms with E-state index >= 15 is 0 Å². The fourth-order valence-electron chi connectivity index (χ4n) is 2.09. The average molecular weight is 407 g/mol. The summed E-state index contributed by atoms with van der Waals surface area (Å²) in [5.41, 5.74) is 9.79. The number of rotatable bonds is 12. The Morgan fingerprint density at radius 1 is 0.893 bits per heavy atom. The molecule has 0 bridgehead atoms. The van der Waals surface area contributed by atoms with E-state index in [0.717, 1.165) is 11.1 Å². The first kappa shape index (κ1) is 22.1. The second-order valence-electron chi connectivity index (χ2n) is 5.81. The first-order valence-corrected chi connectivity index (χ1v) is 9.97. The monoisotopic (exact) mass is 407 g/mol. The van der Waals surface area contributed by atoms with Crippen molar-refractivity contribution in [2.75, 3.05) is 13.2 Å². The van der Waals surface area contributed by atoms with E-state index in [9.17, 15) is 14.8 Å². The van der Waals surface area contributed by atoms with Gasteiger partial charge in [-0.1, -0.05) is 65.8 Å². The molecule has 0 aliphatic rings. The lowest BCUT2D eigenvalue weighted by molar-refractivity contribution is -0.0157. The largest absolute Gasteiger partial charge is 0.475 e. The van der Waals surface area contributed by atoms with E-state index in [0.29, 0.717) is 0 Å². The van der Waals surface area contributed by atoms with Crippen LogP contribution in [0.5, 0.6) is 0 Å². The molecular formula is C18H22N3O6P. The third-order valence-electron chi connectivity index (χ3n) is 3.64. The number of azide groups is 1. The summed E-state index contributed by atoms with van der Waals surface area (Å²) in [6.07, 6.45) is -2.80. The minimum atomic E-state index is -4.04. The topological polar surface area (TPSA) is 134 Å². The molecule has 2 aromatic carbocycles. The van der Waals surface area contributed by atoms with Crippen molar-refractivity contribution in [1.29, 1.82) is 0 Å². The van der Waals surface area contributed by atoms with E-state index in [1.54, 1.807) is 24.3 Å². The molecule has 2 atom stereocenters. The van der Waals surface area contributed by atoms with Gasteiger partial charge in [-0.25, -0.2) is 4.57 Å². The van der Waals surface area contributed by atoms with Crippen molar-refractivity contribution in [3.8, 4) is 0 Å². The minimum Gasteiger partial charge on any atom is -0.390 e. The lowest BCUT2D eigenvalue weighted by Crippen LogP contribution is -2.32. The van der Waals surface area contributed by atoms with E-state index in [2.05, 4.69) is 10.0 Å². The van der Waals surface area contributed by atoms with Crippen LogP contribution in [-0.2, 0) is 31.4 Å². The van der Waals surface area contributed by atoms with Crippen LogP contribution < -0.4 is 0 Å². The van der Waals surface area contributed by atoms with Crippen molar-refractivity contribution in [3.63, 3.8) is 0 Å². The van der Waals surface area contributed by atoms with Crippen LogP contribution in [0.15, 0.2) is 65.8 Å². The summed E-state index contributed by atoms with van der Waals surface area (Å²) in [5.74, 6) is 0. The number of phosphoric acid groups is 1. The quantitative estimate of drug-likeness (QED) is 0.239. The first-order valence-electron chi connectivity index (χ1n) is 8.51. The van der Waals surface area contributed by atoms with Crippen LogP contribution >= 0.6 is 7.82 Å². The zero-order chi connectivity index (χ0) is 20.2. The number of aliphatic hydroxyl groups is 2. The molecule has 150 valence electrons. The highest BCUT2D eigenvalue weighted by atomic mass is 31.2. The van der Waals surface area contributed by atoms with Gasteiger partial charge in [0.2, 0.25) is 0 Å². The molecule has 28 heavy (non-hydrogen) atoms. The Hall–Kier alpha value is -2.22. The number of hydrogen-bond acceptors (Lipinski definition) is 7. The molecule has 0 aromatic heterocycles. The molecule has 10 heteroatoms. The van der Waals surface area contributed by atoms with Crippen LogP contribution in [0.25, 0.3) is 10.4 Å². The molecular weight excluding hydrogens is 385 g/mol. The van der Waals surface area contributed by atoms with Gasteiger partial charge in [0.1, 0.15) is 6.10 Å². The Kier molecular flexibility index (Phi) is 9.13. The molecule has 0 aliphatic carbocycles. The number of aliphatic hydroxyl groups excluding tert-OH is 2. The van der Waals surface area contributed by atoms with Crippen LogP contribution in [0.4, 0.5) is 0 Å². The molecule has 2 aromatic rings. The van der Waals surface area contributed by atoms with Crippen LogP contribution in [-0.4, -0.2) is 35.6 Å². The Labute approximate surface area is 162 Å². The van der Waals surface area contributed by atoms with Crippen LogP contribution in [0.3, 0.4) is 0 Å². The number of benzene rings is 2. The molecule has 0 fully saturated rings. The fourth-order valence-corrected chi connectivity index (χ4v) is 3.26. The van der Waals surface area contributed by atoms with E-state index in [1.165, 1.54) is 0 Å². The summed E-state index contributed by atoms with van der Waals surface area (Å²) in [6.45, 7) is -0.918. The van der Waals surface area contributed by atoms with Crippen molar-refractivity contribution < 1.29 is 28.3 Å². The smallest absolute Gasteiger partial charge is 0.390 e. The highest BCUT2D eigenvalue weighted by molar-refractivity contribution is 7.48. The molecule has 0 aliphatic heterocycles. The van der Waals surface area contributed by atoms with E-state index in [4.69, 9.17) is 19.1 Å². The Morgan fingerprint density at radius 3 is 1.86 bits per heavy atom. The summed E-state index contributed by atoms with van der Waals surface area (Å²) in [5, 5.41) is 22.8. The molecule has 9 nitrogen and oxygen atoms in total. The molecule has 0 saturated heterocycles. The van der Waals surface area contributed by atoms with Gasteiger partial charge in [0, 0.05) is 4.91 Å². The second kappa shape index (κ2) is 11.6. The summed E-state index contributed by atoms with van der Waals surface area (Å²) < 4.78 is 28.9. The van der Waals surface area contributed by atoms with Gasteiger partial charge in [0.25, 0.3) is 0 Å². The lowest BCUT2D eigenvalue weighted by Gasteiger charge is -2.21. The third-order valence-corrected chi connectivity index (χ3v) is 5.00. The van der Waals surface area contributed by atoms with Gasteiger partial charge in [0.15, 0.2) is 0 Å². The molecule has 0 heterocycles. The maximum atomic E-state index is 13.0. The van der Waals surface area contributed by atoms with Crippen LogP contribution in [0.2, 0.25) is 0 Å². The third kappa shape index (κ3) is 7.80. The standard InChI is InChI=1S/C18H22N3O6P/c19-21-20-11-17(22)18(23)14-27-28(24,25-12-15-7-3-1-4-8-15)26-13-16-9-5-2-6-10-16/h1-10,17-18,22-23H,11-14H2/t17-,18-/m0/s1. The molecule has 0 unspecified atom stereocenters. The molecule has 0 saturated carbocycles. The lowest BCUT2D eigenvalue weighted by atomic mass is 10.2. The molecule has 2 N–H and O–H groups in total. The Morgan fingerprint density at radius 2 is 1.39 bits per heavy atom. The molecule has 0 spiro atoms. The predicted octanol–water partition coefficient (Wildman–Crippen LogP) is 3.58. The molecule has 0 amide bonds. The van der Waals surface area contributed by atoms with Crippen LogP contribution in [0, 0.1) is 0 Å². The second-order valence-corrected chi connectivity index (χ2v) is 7.48. The SMILES string of the molecule is [N-]=[N+]=NC[C@H](O)[C@@H](O)COP(=O)(OCc1ccccc1)OCc1ccccc1. The Balaban J connectivity index is 1.99. The summed E-state index contributed by atoms with van der Waals surface area (Å²) in [4.78, 5) is 2.50. The summed E-state index contributed by atoms with van der Waals surface area (Å²) >= 11 is 0. The van der Waals surface area contributed by atoms with Gasteiger partial charge in [-0.2, -0.15) is 0 Å². The number of phosphoric ester groups is 1. The van der Waals surface area contributed by atoms with Gasteiger partial charge < -0.3 is 10.2 Å². The highest BCUT2D eigenvalue weighted by Gasteiger charge is 2.29. The molecule has 0 radical (unpaired) electrons. The zero-order valence-electron chi connectivity index (χ0n) is 15.1. The summed E-state index contributed by atoms with van der Waals surface area (Å²) in [6, 6.07) is 18.1. The van der Waals surface area contributed by atoms with Crippen molar-refractivity contribution in [1.82, 2.24) is 0 Å². The highest BCUT2D eigenvalue weighted by Crippen LogP contribution is 2.51. The maximum Gasteiger partial charge on any atom is 0.475 e. The number of hydrogen-bond donors (Lipinski definition) is 2. The van der Waals surface area contributed by atoms with E-state index in [-0.39, 0.29) is 19.8 Å². The number of nitrogens with zero attached hydrogens (tertiary/aromatic N) is 3. The zero-order valence-corrected chi connectivity index (χ0v) is 16.0. The van der Waals surface area contributed by atoms with Crippen molar-refractivity contribution in [2.24, 2.45) is 5.11 Å². The van der Waals surface area contributed by atoms with Gasteiger partial charge >= 0.3 is 7.82 Å². The normalized spacial score (nSPS) is 13.5. The maximum absolute atomic E-state index is 13.0. The average Bonchev–Trinajstić information content (AvgIpc) is 2.74.